The molecule has 0 aliphatic carbocycles. The second-order valence-electron chi connectivity index (χ2n) is 7.95. The average Bonchev–Trinajstić information content (AvgIpc) is 3.26. The lowest BCUT2D eigenvalue weighted by molar-refractivity contribution is -0.114. The molecule has 0 bridgehead atoms. The summed E-state index contributed by atoms with van der Waals surface area (Å²) in [6, 6.07) is 7.40. The van der Waals surface area contributed by atoms with E-state index in [4.69, 9.17) is 30.8 Å². The molecule has 2 aromatic carbocycles. The van der Waals surface area contributed by atoms with E-state index >= 15 is 0 Å². The molecule has 0 saturated carbocycles. The number of hydrogen-bond donors (Lipinski definition) is 0. The van der Waals surface area contributed by atoms with Crippen molar-refractivity contribution < 1.29 is 19.0 Å². The van der Waals surface area contributed by atoms with Gasteiger partial charge in [0.25, 0.3) is 5.91 Å². The van der Waals surface area contributed by atoms with Gasteiger partial charge in [0.2, 0.25) is 5.75 Å². The van der Waals surface area contributed by atoms with Crippen LogP contribution in [0.4, 0.5) is 5.13 Å². The van der Waals surface area contributed by atoms with Gasteiger partial charge in [0.1, 0.15) is 0 Å². The summed E-state index contributed by atoms with van der Waals surface area (Å²) < 4.78 is 17.2. The van der Waals surface area contributed by atoms with Crippen LogP contribution in [0.1, 0.15) is 17.5 Å². The van der Waals surface area contributed by atoms with Crippen molar-refractivity contribution in [1.82, 2.24) is 9.88 Å². The second-order valence-corrected chi connectivity index (χ2v) is 9.37. The maximum atomic E-state index is 13.3. The maximum Gasteiger partial charge on any atom is 0.252 e. The van der Waals surface area contributed by atoms with Gasteiger partial charge in [-0.2, -0.15) is 0 Å². The van der Waals surface area contributed by atoms with Crippen LogP contribution >= 0.6 is 22.9 Å². The van der Waals surface area contributed by atoms with Crippen molar-refractivity contribution in [3.8, 4) is 17.2 Å². The number of amides is 1. The van der Waals surface area contributed by atoms with E-state index in [1.807, 2.05) is 33.2 Å². The van der Waals surface area contributed by atoms with Crippen LogP contribution in [0.2, 0.25) is 5.02 Å². The molecule has 0 unspecified atom stereocenters. The maximum absolute atomic E-state index is 13.3. The van der Waals surface area contributed by atoms with Crippen molar-refractivity contribution >= 4 is 50.3 Å². The minimum Gasteiger partial charge on any atom is -0.493 e. The fourth-order valence-corrected chi connectivity index (χ4v) is 4.71. The number of carbonyl (C=O) groups excluding carboxylic acids is 1. The van der Waals surface area contributed by atoms with Crippen LogP contribution in [-0.2, 0) is 4.79 Å². The Labute approximate surface area is 209 Å². The first-order chi connectivity index (χ1) is 16.3. The lowest BCUT2D eigenvalue weighted by Gasteiger charge is -2.19. The van der Waals surface area contributed by atoms with Gasteiger partial charge in [0, 0.05) is 17.6 Å². The molecular weight excluding hydrogens is 474 g/mol. The van der Waals surface area contributed by atoms with Crippen molar-refractivity contribution in [3.05, 3.63) is 46.5 Å². The van der Waals surface area contributed by atoms with E-state index in [0.717, 1.165) is 34.3 Å². The number of anilines is 1. The Morgan fingerprint density at radius 1 is 1.09 bits per heavy atom. The van der Waals surface area contributed by atoms with Gasteiger partial charge in [-0.3, -0.25) is 9.69 Å². The minimum absolute atomic E-state index is 0.157. The molecule has 3 rings (SSSR count). The number of ether oxygens (including phenoxy) is 3. The van der Waals surface area contributed by atoms with E-state index in [0.29, 0.717) is 33.9 Å². The summed E-state index contributed by atoms with van der Waals surface area (Å²) in [4.78, 5) is 21.9. The van der Waals surface area contributed by atoms with Crippen LogP contribution in [0, 0.1) is 6.92 Å². The fraction of sp³-hybridized carbons (Fsp3) is 0.360. The first-order valence-corrected chi connectivity index (χ1v) is 12.0. The Kier molecular flexibility index (Phi) is 8.77. The van der Waals surface area contributed by atoms with Gasteiger partial charge in [-0.1, -0.05) is 22.9 Å². The normalized spacial score (nSPS) is 11.4. The molecule has 1 aromatic heterocycles. The smallest absolute Gasteiger partial charge is 0.252 e. The number of fused-ring (bicyclic) bond motifs is 1. The quantitative estimate of drug-likeness (QED) is 0.351. The molecule has 0 aliphatic heterocycles. The first kappa shape index (κ1) is 25.8. The molecule has 1 amide bonds. The molecule has 0 saturated heterocycles. The number of aromatic nitrogens is 1. The van der Waals surface area contributed by atoms with Gasteiger partial charge in [-0.25, -0.2) is 4.98 Å². The third-order valence-corrected chi connectivity index (χ3v) is 6.78. The molecule has 0 spiro atoms. The molecule has 34 heavy (non-hydrogen) atoms. The number of halogens is 1. The van der Waals surface area contributed by atoms with Crippen LogP contribution in [-0.4, -0.2) is 64.3 Å². The zero-order valence-electron chi connectivity index (χ0n) is 20.3. The molecule has 9 heteroatoms. The summed E-state index contributed by atoms with van der Waals surface area (Å²) in [7, 11) is 8.70. The lowest BCUT2D eigenvalue weighted by atomic mass is 10.1. The number of rotatable bonds is 10. The third-order valence-electron chi connectivity index (χ3n) is 5.33. The summed E-state index contributed by atoms with van der Waals surface area (Å²) in [6.07, 6.45) is 4.09. The predicted molar refractivity (Wildman–Crippen MR) is 140 cm³/mol. The standard InChI is InChI=1S/C25H30ClN3O4S/c1-16-18(26)9-10-21-23(16)27-25(34-21)29(13-7-12-28(2)3)22(30)11-8-17-14-19(31-4)24(33-6)20(15-17)32-5/h8-11,14-15H,7,12-13H2,1-6H3/b11-8+. The number of thiazole rings is 1. The minimum atomic E-state index is -0.157. The molecular formula is C25H30ClN3O4S. The molecule has 3 aromatic rings. The van der Waals surface area contributed by atoms with Crippen molar-refractivity contribution in [1.29, 1.82) is 0 Å². The summed E-state index contributed by atoms with van der Waals surface area (Å²) in [5.74, 6) is 1.39. The SMILES string of the molecule is COc1cc(/C=C/C(=O)N(CCCN(C)C)c2nc3c(C)c(Cl)ccc3s2)cc(OC)c1OC. The highest BCUT2D eigenvalue weighted by Crippen LogP contribution is 2.38. The molecule has 0 fully saturated rings. The molecule has 7 nitrogen and oxygen atoms in total. The Balaban J connectivity index is 1.93. The Bertz CT molecular complexity index is 1170. The fourth-order valence-electron chi connectivity index (χ4n) is 3.50. The van der Waals surface area contributed by atoms with E-state index in [1.54, 1.807) is 50.5 Å². The van der Waals surface area contributed by atoms with Gasteiger partial charge >= 0.3 is 0 Å². The highest BCUT2D eigenvalue weighted by molar-refractivity contribution is 7.22. The molecule has 0 radical (unpaired) electrons. The predicted octanol–water partition coefficient (Wildman–Crippen LogP) is 5.28. The van der Waals surface area contributed by atoms with Crippen molar-refractivity contribution in [2.75, 3.05) is 53.4 Å². The van der Waals surface area contributed by atoms with E-state index in [9.17, 15) is 4.79 Å². The summed E-state index contributed by atoms with van der Waals surface area (Å²) in [5, 5.41) is 1.32. The summed E-state index contributed by atoms with van der Waals surface area (Å²) in [5.41, 5.74) is 2.49. The van der Waals surface area contributed by atoms with Gasteiger partial charge in [-0.05, 0) is 75.5 Å². The van der Waals surface area contributed by atoms with E-state index < -0.39 is 0 Å². The monoisotopic (exact) mass is 503 g/mol. The van der Waals surface area contributed by atoms with Crippen LogP contribution < -0.4 is 19.1 Å². The Morgan fingerprint density at radius 2 is 1.76 bits per heavy atom. The highest BCUT2D eigenvalue weighted by atomic mass is 35.5. The zero-order chi connectivity index (χ0) is 24.8. The Morgan fingerprint density at radius 3 is 2.35 bits per heavy atom. The van der Waals surface area contributed by atoms with Crippen molar-refractivity contribution in [2.24, 2.45) is 0 Å². The second kappa shape index (κ2) is 11.6. The molecule has 0 aliphatic rings. The number of nitrogens with zero attached hydrogens (tertiary/aromatic N) is 3. The summed E-state index contributed by atoms with van der Waals surface area (Å²) in [6.45, 7) is 3.34. The summed E-state index contributed by atoms with van der Waals surface area (Å²) >= 11 is 7.77. The molecule has 182 valence electrons. The molecule has 1 heterocycles. The van der Waals surface area contributed by atoms with Crippen LogP contribution in [0.15, 0.2) is 30.3 Å². The molecule has 0 N–H and O–H groups in total. The van der Waals surface area contributed by atoms with Crippen LogP contribution in [0.25, 0.3) is 16.3 Å². The third kappa shape index (κ3) is 5.81. The van der Waals surface area contributed by atoms with Crippen molar-refractivity contribution in [2.45, 2.75) is 13.3 Å². The zero-order valence-corrected chi connectivity index (χ0v) is 21.9. The van der Waals surface area contributed by atoms with Gasteiger partial charge in [-0.15, -0.1) is 0 Å². The van der Waals surface area contributed by atoms with Gasteiger partial charge in [0.05, 0.1) is 31.5 Å². The van der Waals surface area contributed by atoms with E-state index in [2.05, 4.69) is 4.90 Å². The lowest BCUT2D eigenvalue weighted by Crippen LogP contribution is -2.32. The Hall–Kier alpha value is -2.81. The number of methoxy groups -OCH3 is 3. The number of carbonyl (C=O) groups is 1. The first-order valence-electron chi connectivity index (χ1n) is 10.8. The molecule has 0 atom stereocenters. The van der Waals surface area contributed by atoms with E-state index in [-0.39, 0.29) is 5.91 Å². The largest absolute Gasteiger partial charge is 0.493 e. The van der Waals surface area contributed by atoms with Crippen LogP contribution in [0.5, 0.6) is 17.2 Å². The average molecular weight is 504 g/mol. The highest BCUT2D eigenvalue weighted by Gasteiger charge is 2.19. The van der Waals surface area contributed by atoms with Gasteiger partial charge in [0.15, 0.2) is 16.6 Å². The van der Waals surface area contributed by atoms with Crippen LogP contribution in [0.3, 0.4) is 0 Å². The van der Waals surface area contributed by atoms with E-state index in [1.165, 1.54) is 11.3 Å². The number of benzene rings is 2. The number of aryl methyl sites for hydroxylation is 1. The number of hydrogen-bond acceptors (Lipinski definition) is 7. The van der Waals surface area contributed by atoms with Crippen molar-refractivity contribution in [3.63, 3.8) is 0 Å². The van der Waals surface area contributed by atoms with Gasteiger partial charge < -0.3 is 19.1 Å². The topological polar surface area (TPSA) is 64.1 Å².